The summed E-state index contributed by atoms with van der Waals surface area (Å²) in [7, 11) is 1.36. The molecular weight excluding hydrogens is 164 g/mol. The zero-order chi connectivity index (χ0) is 9.30. The van der Waals surface area contributed by atoms with Crippen molar-refractivity contribution < 1.29 is 24.8 Å². The summed E-state index contributed by atoms with van der Waals surface area (Å²) < 4.78 is 9.63. The fourth-order valence-electron chi connectivity index (χ4n) is 1.29. The Kier molecular flexibility index (Phi) is 3.03. The summed E-state index contributed by atoms with van der Waals surface area (Å²) in [6.07, 6.45) is -4.71. The smallest absolute Gasteiger partial charge is 0.183 e. The van der Waals surface area contributed by atoms with E-state index < -0.39 is 30.7 Å². The van der Waals surface area contributed by atoms with Crippen molar-refractivity contribution in [1.82, 2.24) is 0 Å². The molecule has 1 aliphatic heterocycles. The molecule has 1 fully saturated rings. The standard InChI is InChI=1S/C7H14O5/c1-3-4(8)6(11-2)5(9)7(10)12-3/h3-10H,1-2H3/t3-,4+,5+,6+,7-/m0/s1. The lowest BCUT2D eigenvalue weighted by molar-refractivity contribution is -0.282. The first-order valence-corrected chi connectivity index (χ1v) is 3.80. The summed E-state index contributed by atoms with van der Waals surface area (Å²) in [5.74, 6) is 0. The summed E-state index contributed by atoms with van der Waals surface area (Å²) in [4.78, 5) is 0. The average Bonchev–Trinajstić information content (AvgIpc) is 2.02. The number of aliphatic hydroxyl groups excluding tert-OH is 3. The van der Waals surface area contributed by atoms with Gasteiger partial charge in [0.15, 0.2) is 6.29 Å². The highest BCUT2D eigenvalue weighted by molar-refractivity contribution is 4.87. The topological polar surface area (TPSA) is 79.2 Å². The van der Waals surface area contributed by atoms with Crippen molar-refractivity contribution in [1.29, 1.82) is 0 Å². The molecule has 5 atom stereocenters. The third-order valence-corrected chi connectivity index (χ3v) is 2.07. The molecule has 0 amide bonds. The molecule has 1 rings (SSSR count). The molecule has 0 aliphatic carbocycles. The van der Waals surface area contributed by atoms with Crippen LogP contribution in [0.25, 0.3) is 0 Å². The molecule has 0 radical (unpaired) electrons. The third kappa shape index (κ3) is 1.60. The number of hydrogen-bond acceptors (Lipinski definition) is 5. The van der Waals surface area contributed by atoms with Crippen molar-refractivity contribution in [2.45, 2.75) is 37.6 Å². The number of methoxy groups -OCH3 is 1. The quantitative estimate of drug-likeness (QED) is 0.453. The van der Waals surface area contributed by atoms with Crippen LogP contribution in [-0.4, -0.2) is 53.1 Å². The van der Waals surface area contributed by atoms with Crippen LogP contribution in [0.1, 0.15) is 6.92 Å². The van der Waals surface area contributed by atoms with Gasteiger partial charge in [0.25, 0.3) is 0 Å². The molecule has 1 aliphatic rings. The van der Waals surface area contributed by atoms with E-state index in [4.69, 9.17) is 14.6 Å². The van der Waals surface area contributed by atoms with Gasteiger partial charge in [0.05, 0.1) is 6.10 Å². The minimum Gasteiger partial charge on any atom is -0.388 e. The monoisotopic (exact) mass is 178 g/mol. The second kappa shape index (κ2) is 3.68. The van der Waals surface area contributed by atoms with E-state index in [0.717, 1.165) is 0 Å². The van der Waals surface area contributed by atoms with Crippen molar-refractivity contribution in [3.8, 4) is 0 Å². The molecule has 5 nitrogen and oxygen atoms in total. The van der Waals surface area contributed by atoms with Crippen LogP contribution < -0.4 is 0 Å². The SMILES string of the molecule is CO[C@H]1[C@@H](O)[C@@H](O)O[C@@H](C)[C@H]1O. The summed E-state index contributed by atoms with van der Waals surface area (Å²) in [5, 5.41) is 27.8. The van der Waals surface area contributed by atoms with E-state index in [9.17, 15) is 10.2 Å². The van der Waals surface area contributed by atoms with E-state index in [-0.39, 0.29) is 0 Å². The number of ether oxygens (including phenoxy) is 2. The fourth-order valence-corrected chi connectivity index (χ4v) is 1.29. The van der Waals surface area contributed by atoms with Crippen LogP contribution in [-0.2, 0) is 9.47 Å². The van der Waals surface area contributed by atoms with Gasteiger partial charge in [0.2, 0.25) is 0 Å². The molecule has 0 bridgehead atoms. The Morgan fingerprint density at radius 2 is 1.75 bits per heavy atom. The Bertz CT molecular complexity index is 137. The Morgan fingerprint density at radius 1 is 1.17 bits per heavy atom. The zero-order valence-corrected chi connectivity index (χ0v) is 7.04. The second-order valence-electron chi connectivity index (χ2n) is 2.91. The van der Waals surface area contributed by atoms with Crippen molar-refractivity contribution in [2.75, 3.05) is 7.11 Å². The van der Waals surface area contributed by atoms with E-state index in [1.807, 2.05) is 0 Å². The first kappa shape index (κ1) is 9.88. The minimum atomic E-state index is -1.28. The van der Waals surface area contributed by atoms with Crippen molar-refractivity contribution >= 4 is 0 Å². The zero-order valence-electron chi connectivity index (χ0n) is 7.04. The van der Waals surface area contributed by atoms with E-state index in [0.29, 0.717) is 0 Å². The van der Waals surface area contributed by atoms with E-state index in [1.165, 1.54) is 7.11 Å². The molecule has 72 valence electrons. The normalized spacial score (nSPS) is 49.2. The van der Waals surface area contributed by atoms with E-state index in [1.54, 1.807) is 6.92 Å². The molecule has 0 saturated carbocycles. The summed E-state index contributed by atoms with van der Waals surface area (Å²) in [6, 6.07) is 0. The second-order valence-corrected chi connectivity index (χ2v) is 2.91. The molecule has 1 heterocycles. The van der Waals surface area contributed by atoms with Gasteiger partial charge in [0.1, 0.15) is 18.3 Å². The van der Waals surface area contributed by atoms with Crippen molar-refractivity contribution in [3.63, 3.8) is 0 Å². The van der Waals surface area contributed by atoms with Gasteiger partial charge in [-0.05, 0) is 6.92 Å². The predicted octanol–water partition coefficient (Wildman–Crippen LogP) is -1.54. The summed E-state index contributed by atoms with van der Waals surface area (Å²) in [6.45, 7) is 1.60. The third-order valence-electron chi connectivity index (χ3n) is 2.07. The fraction of sp³-hybridized carbons (Fsp3) is 1.00. The maximum absolute atomic E-state index is 9.40. The van der Waals surface area contributed by atoms with Crippen molar-refractivity contribution in [2.24, 2.45) is 0 Å². The lowest BCUT2D eigenvalue weighted by atomic mass is 10.00. The molecule has 0 aromatic heterocycles. The maximum Gasteiger partial charge on any atom is 0.183 e. The molecule has 12 heavy (non-hydrogen) atoms. The molecule has 0 unspecified atom stereocenters. The predicted molar refractivity (Wildman–Crippen MR) is 39.4 cm³/mol. The van der Waals surface area contributed by atoms with Crippen LogP contribution in [0.5, 0.6) is 0 Å². The van der Waals surface area contributed by atoms with Crippen LogP contribution in [0.4, 0.5) is 0 Å². The van der Waals surface area contributed by atoms with Crippen LogP contribution in [0.3, 0.4) is 0 Å². The van der Waals surface area contributed by atoms with E-state index in [2.05, 4.69) is 0 Å². The number of hydrogen-bond donors (Lipinski definition) is 3. The Labute approximate surface area is 70.5 Å². The Hall–Kier alpha value is -0.200. The molecule has 5 heteroatoms. The van der Waals surface area contributed by atoms with E-state index >= 15 is 0 Å². The largest absolute Gasteiger partial charge is 0.388 e. The van der Waals surface area contributed by atoms with Crippen LogP contribution >= 0.6 is 0 Å². The highest BCUT2D eigenvalue weighted by atomic mass is 16.6. The molecule has 0 aromatic carbocycles. The van der Waals surface area contributed by atoms with Gasteiger partial charge >= 0.3 is 0 Å². The highest BCUT2D eigenvalue weighted by Gasteiger charge is 2.42. The molecule has 0 aromatic rings. The molecule has 1 saturated heterocycles. The maximum atomic E-state index is 9.40. The van der Waals surface area contributed by atoms with Crippen LogP contribution in [0.15, 0.2) is 0 Å². The first-order valence-electron chi connectivity index (χ1n) is 3.80. The highest BCUT2D eigenvalue weighted by Crippen LogP contribution is 2.21. The molecule has 3 N–H and O–H groups in total. The number of aliphatic hydroxyl groups is 3. The van der Waals surface area contributed by atoms with Crippen molar-refractivity contribution in [3.05, 3.63) is 0 Å². The van der Waals surface area contributed by atoms with Gasteiger partial charge in [0, 0.05) is 7.11 Å². The van der Waals surface area contributed by atoms with Gasteiger partial charge in [-0.1, -0.05) is 0 Å². The lowest BCUT2D eigenvalue weighted by Gasteiger charge is -2.38. The lowest BCUT2D eigenvalue weighted by Crippen LogP contribution is -2.57. The molecular formula is C7H14O5. The van der Waals surface area contributed by atoms with Crippen LogP contribution in [0, 0.1) is 0 Å². The van der Waals surface area contributed by atoms with Gasteiger partial charge in [-0.3, -0.25) is 0 Å². The summed E-state index contributed by atoms with van der Waals surface area (Å²) >= 11 is 0. The van der Waals surface area contributed by atoms with Gasteiger partial charge in [-0.15, -0.1) is 0 Å². The Morgan fingerprint density at radius 3 is 2.25 bits per heavy atom. The minimum absolute atomic E-state index is 0.534. The average molecular weight is 178 g/mol. The first-order chi connectivity index (χ1) is 5.57. The number of rotatable bonds is 1. The van der Waals surface area contributed by atoms with Gasteiger partial charge in [-0.25, -0.2) is 0 Å². The Balaban J connectivity index is 2.67. The van der Waals surface area contributed by atoms with Gasteiger partial charge < -0.3 is 24.8 Å². The molecule has 0 spiro atoms. The summed E-state index contributed by atoms with van der Waals surface area (Å²) in [5.41, 5.74) is 0. The van der Waals surface area contributed by atoms with Crippen LogP contribution in [0.2, 0.25) is 0 Å². The van der Waals surface area contributed by atoms with Gasteiger partial charge in [-0.2, -0.15) is 0 Å².